The van der Waals surface area contributed by atoms with Crippen LogP contribution in [0, 0.1) is 11.3 Å². The lowest BCUT2D eigenvalue weighted by Gasteiger charge is -2.11. The molecule has 1 N–H and O–H groups in total. The minimum atomic E-state index is -0.571. The van der Waals surface area contributed by atoms with Crippen molar-refractivity contribution in [3.05, 3.63) is 70.8 Å². The zero-order valence-corrected chi connectivity index (χ0v) is 16.1. The first-order valence-corrected chi connectivity index (χ1v) is 8.77. The van der Waals surface area contributed by atoms with Crippen molar-refractivity contribution in [3.8, 4) is 17.6 Å². The Hall–Kier alpha value is -3.49. The highest BCUT2D eigenvalue weighted by atomic mass is 35.5. The molecule has 0 unspecified atom stereocenters. The van der Waals surface area contributed by atoms with Crippen molar-refractivity contribution in [2.45, 2.75) is 0 Å². The maximum absolute atomic E-state index is 12.7. The van der Waals surface area contributed by atoms with Crippen LogP contribution >= 0.6 is 11.6 Å². The number of methoxy groups -OCH3 is 2. The number of nitrogens with one attached hydrogen (secondary N) is 1. The summed E-state index contributed by atoms with van der Waals surface area (Å²) < 4.78 is 10.7. The second kappa shape index (κ2) is 8.47. The number of fused-ring (bicyclic) bond motifs is 1. The molecule has 0 aromatic heterocycles. The minimum Gasteiger partial charge on any atom is -0.496 e. The average molecular weight is 393 g/mol. The highest BCUT2D eigenvalue weighted by Gasteiger charge is 2.15. The van der Waals surface area contributed by atoms with E-state index in [9.17, 15) is 10.1 Å². The first kappa shape index (κ1) is 19.3. The van der Waals surface area contributed by atoms with Gasteiger partial charge in [0.05, 0.1) is 19.9 Å². The Morgan fingerprint density at radius 1 is 1.07 bits per heavy atom. The smallest absolute Gasteiger partial charge is 0.266 e. The summed E-state index contributed by atoms with van der Waals surface area (Å²) in [5.41, 5.74) is 0.966. The van der Waals surface area contributed by atoms with Crippen LogP contribution in [0.4, 0.5) is 5.69 Å². The fraction of sp³-hybridized carbons (Fsp3) is 0.0909. The summed E-state index contributed by atoms with van der Waals surface area (Å²) in [4.78, 5) is 12.7. The van der Waals surface area contributed by atoms with Gasteiger partial charge in [-0.15, -0.1) is 0 Å². The second-order valence-corrected chi connectivity index (χ2v) is 6.31. The van der Waals surface area contributed by atoms with Gasteiger partial charge >= 0.3 is 0 Å². The molecule has 0 saturated carbocycles. The topological polar surface area (TPSA) is 71.3 Å². The van der Waals surface area contributed by atoms with Gasteiger partial charge in [-0.1, -0.05) is 41.9 Å². The van der Waals surface area contributed by atoms with Gasteiger partial charge in [-0.2, -0.15) is 5.26 Å². The number of nitriles is 1. The van der Waals surface area contributed by atoms with E-state index in [0.717, 1.165) is 10.8 Å². The van der Waals surface area contributed by atoms with Crippen LogP contribution in [-0.4, -0.2) is 20.1 Å². The lowest BCUT2D eigenvalue weighted by molar-refractivity contribution is -0.112. The van der Waals surface area contributed by atoms with Crippen LogP contribution < -0.4 is 14.8 Å². The van der Waals surface area contributed by atoms with E-state index in [1.165, 1.54) is 13.2 Å². The van der Waals surface area contributed by atoms with Gasteiger partial charge in [-0.3, -0.25) is 4.79 Å². The van der Waals surface area contributed by atoms with E-state index >= 15 is 0 Å². The molecule has 28 heavy (non-hydrogen) atoms. The van der Waals surface area contributed by atoms with E-state index in [-0.39, 0.29) is 5.57 Å². The minimum absolute atomic E-state index is 0.0725. The fourth-order valence-corrected chi connectivity index (χ4v) is 3.04. The molecule has 0 aliphatic carbocycles. The van der Waals surface area contributed by atoms with Crippen molar-refractivity contribution < 1.29 is 14.3 Å². The highest BCUT2D eigenvalue weighted by molar-refractivity contribution is 6.31. The molecule has 0 fully saturated rings. The summed E-state index contributed by atoms with van der Waals surface area (Å²) in [6.45, 7) is 0. The highest BCUT2D eigenvalue weighted by Crippen LogP contribution is 2.31. The number of benzene rings is 3. The van der Waals surface area contributed by atoms with Crippen LogP contribution in [0.5, 0.6) is 11.5 Å². The molecule has 0 saturated heterocycles. The van der Waals surface area contributed by atoms with Gasteiger partial charge in [-0.25, -0.2) is 0 Å². The molecule has 3 aromatic rings. The number of anilines is 1. The maximum Gasteiger partial charge on any atom is 0.266 e. The standard InChI is InChI=1S/C22H17ClN2O3/c1-27-20-9-7-14-5-3-4-6-17(14)18(20)11-15(13-24)22(26)25-19-12-16(23)8-10-21(19)28-2/h3-12H,1-2H3,(H,25,26)/b15-11+. The number of rotatable bonds is 5. The molecule has 0 aliphatic heterocycles. The monoisotopic (exact) mass is 392 g/mol. The molecule has 3 aromatic carbocycles. The van der Waals surface area contributed by atoms with Gasteiger partial charge in [0.15, 0.2) is 0 Å². The number of carbonyl (C=O) groups excluding carboxylic acids is 1. The normalized spacial score (nSPS) is 11.0. The molecule has 3 rings (SSSR count). The third-order valence-electron chi connectivity index (χ3n) is 4.21. The van der Waals surface area contributed by atoms with Crippen LogP contribution in [0.15, 0.2) is 60.2 Å². The first-order valence-electron chi connectivity index (χ1n) is 8.39. The van der Waals surface area contributed by atoms with E-state index in [0.29, 0.717) is 27.8 Å². The van der Waals surface area contributed by atoms with Gasteiger partial charge in [0, 0.05) is 10.6 Å². The number of ether oxygens (including phenoxy) is 2. The Morgan fingerprint density at radius 3 is 2.50 bits per heavy atom. The number of amides is 1. The van der Waals surface area contributed by atoms with Gasteiger partial charge in [0.25, 0.3) is 5.91 Å². The Labute approximate surface area is 167 Å². The first-order chi connectivity index (χ1) is 13.6. The van der Waals surface area contributed by atoms with Crippen molar-refractivity contribution >= 4 is 40.0 Å². The van der Waals surface area contributed by atoms with E-state index in [2.05, 4.69) is 5.32 Å². The molecule has 5 nitrogen and oxygen atoms in total. The third-order valence-corrected chi connectivity index (χ3v) is 4.45. The van der Waals surface area contributed by atoms with E-state index < -0.39 is 5.91 Å². The molecule has 0 spiro atoms. The molecule has 140 valence electrons. The molecular formula is C22H17ClN2O3. The molecule has 0 heterocycles. The average Bonchev–Trinajstić information content (AvgIpc) is 2.71. The van der Waals surface area contributed by atoms with Crippen molar-refractivity contribution in [2.75, 3.05) is 19.5 Å². The van der Waals surface area contributed by atoms with Crippen LogP contribution in [0.3, 0.4) is 0 Å². The Kier molecular flexibility index (Phi) is 5.83. The SMILES string of the molecule is COc1ccc(Cl)cc1NC(=O)/C(C#N)=C/c1c(OC)ccc2ccccc12. The summed E-state index contributed by atoms with van der Waals surface area (Å²) >= 11 is 6.00. The van der Waals surface area contributed by atoms with Crippen LogP contribution in [0.1, 0.15) is 5.56 Å². The molecule has 0 aliphatic rings. The molecular weight excluding hydrogens is 376 g/mol. The Bertz CT molecular complexity index is 1120. The van der Waals surface area contributed by atoms with Crippen molar-refractivity contribution in [1.82, 2.24) is 0 Å². The molecule has 0 bridgehead atoms. The van der Waals surface area contributed by atoms with Gasteiger partial charge in [-0.05, 0) is 41.1 Å². The number of hydrogen-bond acceptors (Lipinski definition) is 4. The number of halogens is 1. The van der Waals surface area contributed by atoms with E-state index in [4.69, 9.17) is 21.1 Å². The summed E-state index contributed by atoms with van der Waals surface area (Å²) in [5, 5.41) is 14.5. The van der Waals surface area contributed by atoms with Gasteiger partial charge in [0.2, 0.25) is 0 Å². The van der Waals surface area contributed by atoms with E-state index in [1.807, 2.05) is 36.4 Å². The molecule has 1 amide bonds. The Morgan fingerprint density at radius 2 is 1.79 bits per heavy atom. The predicted molar refractivity (Wildman–Crippen MR) is 111 cm³/mol. The van der Waals surface area contributed by atoms with Crippen LogP contribution in [0.25, 0.3) is 16.8 Å². The van der Waals surface area contributed by atoms with Crippen molar-refractivity contribution in [1.29, 1.82) is 5.26 Å². The second-order valence-electron chi connectivity index (χ2n) is 5.87. The number of hydrogen-bond donors (Lipinski definition) is 1. The zero-order valence-electron chi connectivity index (χ0n) is 15.3. The maximum atomic E-state index is 12.7. The summed E-state index contributed by atoms with van der Waals surface area (Å²) in [6.07, 6.45) is 1.52. The lowest BCUT2D eigenvalue weighted by Crippen LogP contribution is -2.14. The molecule has 0 radical (unpaired) electrons. The third kappa shape index (κ3) is 3.93. The largest absolute Gasteiger partial charge is 0.496 e. The quantitative estimate of drug-likeness (QED) is 0.486. The van der Waals surface area contributed by atoms with Gasteiger partial charge in [0.1, 0.15) is 23.1 Å². The molecule has 0 atom stereocenters. The van der Waals surface area contributed by atoms with Crippen molar-refractivity contribution in [3.63, 3.8) is 0 Å². The summed E-state index contributed by atoms with van der Waals surface area (Å²) in [6, 6.07) is 18.2. The lowest BCUT2D eigenvalue weighted by atomic mass is 10.0. The molecule has 6 heteroatoms. The summed E-state index contributed by atoms with van der Waals surface area (Å²) in [5.74, 6) is 0.440. The summed E-state index contributed by atoms with van der Waals surface area (Å²) in [7, 11) is 3.03. The van der Waals surface area contributed by atoms with Crippen LogP contribution in [0.2, 0.25) is 5.02 Å². The van der Waals surface area contributed by atoms with E-state index in [1.54, 1.807) is 31.4 Å². The van der Waals surface area contributed by atoms with Crippen LogP contribution in [-0.2, 0) is 4.79 Å². The van der Waals surface area contributed by atoms with Crippen molar-refractivity contribution in [2.24, 2.45) is 0 Å². The fourth-order valence-electron chi connectivity index (χ4n) is 2.86. The Balaban J connectivity index is 2.04. The number of nitrogens with zero attached hydrogens (tertiary/aromatic N) is 1. The van der Waals surface area contributed by atoms with Gasteiger partial charge < -0.3 is 14.8 Å². The zero-order chi connectivity index (χ0) is 20.1. The number of carbonyl (C=O) groups is 1. The predicted octanol–water partition coefficient (Wildman–Crippen LogP) is 5.06.